The van der Waals surface area contributed by atoms with Crippen LogP contribution in [0.4, 0.5) is 0 Å². The predicted molar refractivity (Wildman–Crippen MR) is 97.0 cm³/mol. The average Bonchev–Trinajstić information content (AvgIpc) is 2.57. The standard InChI is InChI=1S/C17H17Cl2N3O4/c1-17(2,9-8-14(23)24)20-16(25)11-6-7-13(22-21-11)26-12-5-3-4-10(18)15(12)19/h3-7H,8-9H2,1-2H3,(H,20,25)(H,23,24). The minimum atomic E-state index is -0.923. The fourth-order valence-electron chi connectivity index (χ4n) is 2.02. The third-order valence-corrected chi connectivity index (χ3v) is 4.22. The molecule has 7 nitrogen and oxygen atoms in total. The number of amides is 1. The van der Waals surface area contributed by atoms with Gasteiger partial charge in [0, 0.05) is 18.0 Å². The Labute approximate surface area is 160 Å². The molecular weight excluding hydrogens is 381 g/mol. The maximum Gasteiger partial charge on any atom is 0.303 e. The Balaban J connectivity index is 2.03. The van der Waals surface area contributed by atoms with E-state index in [4.69, 9.17) is 33.0 Å². The van der Waals surface area contributed by atoms with E-state index in [2.05, 4.69) is 15.5 Å². The predicted octanol–water partition coefficient (Wildman–Crippen LogP) is 3.95. The summed E-state index contributed by atoms with van der Waals surface area (Å²) in [5, 5.41) is 19.7. The molecule has 26 heavy (non-hydrogen) atoms. The van der Waals surface area contributed by atoms with Gasteiger partial charge in [-0.1, -0.05) is 29.3 Å². The van der Waals surface area contributed by atoms with Gasteiger partial charge in [-0.05, 0) is 38.5 Å². The number of nitrogens with zero attached hydrogens (tertiary/aromatic N) is 2. The molecule has 1 aromatic heterocycles. The van der Waals surface area contributed by atoms with Crippen LogP contribution < -0.4 is 10.1 Å². The number of aliphatic carboxylic acids is 1. The topological polar surface area (TPSA) is 101 Å². The summed E-state index contributed by atoms with van der Waals surface area (Å²) in [5.41, 5.74) is -0.612. The molecule has 0 radical (unpaired) electrons. The lowest BCUT2D eigenvalue weighted by Crippen LogP contribution is -2.44. The maximum atomic E-state index is 12.2. The molecule has 1 heterocycles. The number of hydrogen-bond donors (Lipinski definition) is 2. The van der Waals surface area contributed by atoms with Gasteiger partial charge in [-0.2, -0.15) is 0 Å². The Bertz CT molecular complexity index is 810. The average molecular weight is 398 g/mol. The van der Waals surface area contributed by atoms with Crippen molar-refractivity contribution in [2.24, 2.45) is 0 Å². The van der Waals surface area contributed by atoms with Crippen LogP contribution in [0.5, 0.6) is 11.6 Å². The highest BCUT2D eigenvalue weighted by Gasteiger charge is 2.23. The van der Waals surface area contributed by atoms with Crippen LogP contribution in [0.2, 0.25) is 10.0 Å². The van der Waals surface area contributed by atoms with Crippen molar-refractivity contribution in [3.05, 3.63) is 46.1 Å². The van der Waals surface area contributed by atoms with E-state index in [0.717, 1.165) is 0 Å². The Morgan fingerprint density at radius 1 is 1.19 bits per heavy atom. The van der Waals surface area contributed by atoms with Crippen molar-refractivity contribution in [1.82, 2.24) is 15.5 Å². The molecule has 138 valence electrons. The van der Waals surface area contributed by atoms with Crippen molar-refractivity contribution in [2.45, 2.75) is 32.2 Å². The highest BCUT2D eigenvalue weighted by Crippen LogP contribution is 2.33. The monoisotopic (exact) mass is 397 g/mol. The molecule has 0 spiro atoms. The van der Waals surface area contributed by atoms with Crippen molar-refractivity contribution in [3.8, 4) is 11.6 Å². The molecule has 0 aliphatic rings. The van der Waals surface area contributed by atoms with Gasteiger partial charge >= 0.3 is 5.97 Å². The summed E-state index contributed by atoms with van der Waals surface area (Å²) in [4.78, 5) is 22.9. The first kappa shape index (κ1) is 19.9. The number of carboxylic acids is 1. The van der Waals surface area contributed by atoms with Gasteiger partial charge in [0.25, 0.3) is 5.91 Å². The molecule has 2 aromatic rings. The van der Waals surface area contributed by atoms with Crippen LogP contribution >= 0.6 is 23.2 Å². The molecule has 0 saturated carbocycles. The minimum Gasteiger partial charge on any atom is -0.481 e. The number of halogens is 2. The van der Waals surface area contributed by atoms with Crippen molar-refractivity contribution in [2.75, 3.05) is 0 Å². The van der Waals surface area contributed by atoms with Gasteiger partial charge in [-0.3, -0.25) is 9.59 Å². The number of carbonyl (C=O) groups excluding carboxylic acids is 1. The number of rotatable bonds is 7. The molecule has 1 amide bonds. The molecule has 0 aliphatic heterocycles. The SMILES string of the molecule is CC(C)(CCC(=O)O)NC(=O)c1ccc(Oc2cccc(Cl)c2Cl)nn1. The van der Waals surface area contributed by atoms with Gasteiger partial charge in [-0.25, -0.2) is 0 Å². The Hall–Kier alpha value is -2.38. The number of aromatic nitrogens is 2. The Kier molecular flexibility index (Phi) is 6.39. The number of carboxylic acid groups (broad SMARTS) is 1. The van der Waals surface area contributed by atoms with Crippen molar-refractivity contribution in [3.63, 3.8) is 0 Å². The number of carbonyl (C=O) groups is 2. The molecule has 0 saturated heterocycles. The summed E-state index contributed by atoms with van der Waals surface area (Å²) in [7, 11) is 0. The second kappa shape index (κ2) is 8.33. The van der Waals surface area contributed by atoms with E-state index in [0.29, 0.717) is 10.8 Å². The van der Waals surface area contributed by atoms with Gasteiger partial charge in [0.2, 0.25) is 5.88 Å². The molecule has 2 rings (SSSR count). The third-order valence-electron chi connectivity index (χ3n) is 3.42. The minimum absolute atomic E-state index is 0.0495. The summed E-state index contributed by atoms with van der Waals surface area (Å²) < 4.78 is 5.50. The highest BCUT2D eigenvalue weighted by atomic mass is 35.5. The smallest absolute Gasteiger partial charge is 0.303 e. The number of hydrogen-bond acceptors (Lipinski definition) is 5. The molecular formula is C17H17Cl2N3O4. The fourth-order valence-corrected chi connectivity index (χ4v) is 2.35. The van der Waals surface area contributed by atoms with Crippen LogP contribution in [-0.4, -0.2) is 32.7 Å². The van der Waals surface area contributed by atoms with Crippen LogP contribution in [-0.2, 0) is 4.79 Å². The molecule has 0 unspecified atom stereocenters. The van der Waals surface area contributed by atoms with Gasteiger partial charge in [-0.15, -0.1) is 10.2 Å². The fraction of sp³-hybridized carbons (Fsp3) is 0.294. The molecule has 0 bridgehead atoms. The summed E-state index contributed by atoms with van der Waals surface area (Å²) in [5.74, 6) is -0.912. The molecule has 0 fully saturated rings. The van der Waals surface area contributed by atoms with Crippen molar-refractivity contribution in [1.29, 1.82) is 0 Å². The van der Waals surface area contributed by atoms with E-state index in [1.54, 1.807) is 32.0 Å². The molecule has 9 heteroatoms. The van der Waals surface area contributed by atoms with E-state index < -0.39 is 17.4 Å². The summed E-state index contributed by atoms with van der Waals surface area (Å²) >= 11 is 12.0. The van der Waals surface area contributed by atoms with Crippen LogP contribution in [0.15, 0.2) is 30.3 Å². The second-order valence-electron chi connectivity index (χ2n) is 6.14. The van der Waals surface area contributed by atoms with E-state index in [9.17, 15) is 9.59 Å². The van der Waals surface area contributed by atoms with Crippen molar-refractivity contribution < 1.29 is 19.4 Å². The molecule has 2 N–H and O–H groups in total. The van der Waals surface area contributed by atoms with E-state index in [-0.39, 0.29) is 29.4 Å². The lowest BCUT2D eigenvalue weighted by Gasteiger charge is -2.25. The van der Waals surface area contributed by atoms with Gasteiger partial charge in [0.15, 0.2) is 5.69 Å². The van der Waals surface area contributed by atoms with E-state index in [1.807, 2.05) is 0 Å². The number of nitrogens with one attached hydrogen (secondary N) is 1. The number of benzene rings is 1. The summed E-state index contributed by atoms with van der Waals surface area (Å²) in [6.07, 6.45) is 0.238. The van der Waals surface area contributed by atoms with E-state index in [1.165, 1.54) is 12.1 Å². The third kappa shape index (κ3) is 5.57. The summed E-state index contributed by atoms with van der Waals surface area (Å²) in [6.45, 7) is 3.47. The summed E-state index contributed by atoms with van der Waals surface area (Å²) in [6, 6.07) is 7.86. The molecule has 1 aromatic carbocycles. The van der Waals surface area contributed by atoms with E-state index >= 15 is 0 Å². The van der Waals surface area contributed by atoms with Gasteiger partial charge in [0.1, 0.15) is 10.8 Å². The quantitative estimate of drug-likeness (QED) is 0.733. The lowest BCUT2D eigenvalue weighted by atomic mass is 9.98. The highest BCUT2D eigenvalue weighted by molar-refractivity contribution is 6.42. The zero-order valence-corrected chi connectivity index (χ0v) is 15.6. The van der Waals surface area contributed by atoms with Crippen molar-refractivity contribution >= 4 is 35.1 Å². The lowest BCUT2D eigenvalue weighted by molar-refractivity contribution is -0.137. The molecule has 0 atom stereocenters. The molecule has 0 aliphatic carbocycles. The van der Waals surface area contributed by atoms with Crippen LogP contribution in [0.1, 0.15) is 37.2 Å². The van der Waals surface area contributed by atoms with Crippen LogP contribution in [0.25, 0.3) is 0 Å². The number of ether oxygens (including phenoxy) is 1. The van der Waals surface area contributed by atoms with Crippen LogP contribution in [0, 0.1) is 0 Å². The van der Waals surface area contributed by atoms with Gasteiger partial charge in [0.05, 0.1) is 5.02 Å². The zero-order chi connectivity index (χ0) is 19.3. The Morgan fingerprint density at radius 2 is 1.92 bits per heavy atom. The second-order valence-corrected chi connectivity index (χ2v) is 6.93. The van der Waals surface area contributed by atoms with Crippen LogP contribution in [0.3, 0.4) is 0 Å². The first-order valence-corrected chi connectivity index (χ1v) is 8.43. The normalized spacial score (nSPS) is 11.1. The maximum absolute atomic E-state index is 12.2. The largest absolute Gasteiger partial charge is 0.481 e. The first-order valence-electron chi connectivity index (χ1n) is 7.68. The first-order chi connectivity index (χ1) is 12.2. The Morgan fingerprint density at radius 3 is 2.54 bits per heavy atom. The van der Waals surface area contributed by atoms with Gasteiger partial charge < -0.3 is 15.2 Å². The zero-order valence-electron chi connectivity index (χ0n) is 14.1.